The van der Waals surface area contributed by atoms with Crippen molar-refractivity contribution in [2.24, 2.45) is 5.73 Å². The first kappa shape index (κ1) is 21.0. The first-order valence-electron chi connectivity index (χ1n) is 9.55. The zero-order chi connectivity index (χ0) is 20.4. The average Bonchev–Trinajstić information content (AvgIpc) is 3.42. The number of hydrogen-bond donors (Lipinski definition) is 2. The number of nitrogens with two attached hydrogens (primary N) is 1. The lowest BCUT2D eigenvalue weighted by Gasteiger charge is -2.17. The van der Waals surface area contributed by atoms with E-state index in [-0.39, 0.29) is 35.6 Å². The van der Waals surface area contributed by atoms with Crippen molar-refractivity contribution < 1.29 is 18.7 Å². The Morgan fingerprint density at radius 1 is 1.23 bits per heavy atom. The number of fused-ring (bicyclic) bond motifs is 2. The van der Waals surface area contributed by atoms with Gasteiger partial charge in [0.2, 0.25) is 5.43 Å². The van der Waals surface area contributed by atoms with E-state index in [9.17, 15) is 14.7 Å². The topological polar surface area (TPSA) is 85.3 Å². The zero-order valence-corrected chi connectivity index (χ0v) is 17.4. The second-order valence-corrected chi connectivity index (χ2v) is 8.88. The van der Waals surface area contributed by atoms with Crippen LogP contribution >= 0.6 is 23.7 Å². The monoisotopic (exact) mass is 452 g/mol. The third kappa shape index (κ3) is 3.14. The molecule has 3 N–H and O–H groups in total. The molecule has 5 nitrogen and oxygen atoms in total. The highest BCUT2D eigenvalue weighted by Gasteiger charge is 2.31. The standard InChI is InChI=1S/C21H18F2N2O3S.ClH/c22-13-6-11(16-7-10-14(24)2-1-3-15(10)29-16)18(23)19-17(13)20(26)12(21(27)28)8-25(19)9-4-5-9;/h6-9,14H,1-5,24H2,(H,27,28);1H. The van der Waals surface area contributed by atoms with Gasteiger partial charge in [-0.05, 0) is 49.8 Å². The highest BCUT2D eigenvalue weighted by Crippen LogP contribution is 2.43. The molecule has 30 heavy (non-hydrogen) atoms. The minimum atomic E-state index is -1.45. The van der Waals surface area contributed by atoms with Crippen LogP contribution in [0, 0.1) is 11.6 Å². The quantitative estimate of drug-likeness (QED) is 0.597. The molecule has 1 saturated carbocycles. The SMILES string of the molecule is Cl.NC1CCCc2sc(-c3cc(F)c4c(=O)c(C(=O)O)cn(C5CC5)c4c3F)cc21. The number of aryl methyl sites for hydroxylation is 1. The first-order chi connectivity index (χ1) is 13.9. The molecular formula is C21H19ClF2N2O3S. The molecule has 0 bridgehead atoms. The molecule has 5 rings (SSSR count). The maximum atomic E-state index is 15.7. The number of benzene rings is 1. The molecule has 1 aromatic carbocycles. The minimum Gasteiger partial charge on any atom is -0.477 e. The van der Waals surface area contributed by atoms with Crippen LogP contribution < -0.4 is 11.2 Å². The Balaban J connectivity index is 0.00000218. The predicted octanol–water partition coefficient (Wildman–Crippen LogP) is 4.80. The van der Waals surface area contributed by atoms with Crippen molar-refractivity contribution in [1.82, 2.24) is 4.57 Å². The molecule has 1 unspecified atom stereocenters. The second kappa shape index (κ2) is 7.44. The number of nitrogens with zero attached hydrogens (tertiary/aromatic N) is 1. The minimum absolute atomic E-state index is 0. The third-order valence-corrected chi connectivity index (χ3v) is 7.03. The van der Waals surface area contributed by atoms with Crippen molar-refractivity contribution in [2.45, 2.75) is 44.2 Å². The van der Waals surface area contributed by atoms with Crippen LogP contribution in [-0.2, 0) is 6.42 Å². The van der Waals surface area contributed by atoms with E-state index in [4.69, 9.17) is 5.73 Å². The summed E-state index contributed by atoms with van der Waals surface area (Å²) in [5.41, 5.74) is 5.51. The van der Waals surface area contributed by atoms with Gasteiger partial charge in [0.25, 0.3) is 0 Å². The van der Waals surface area contributed by atoms with E-state index >= 15 is 8.78 Å². The van der Waals surface area contributed by atoms with Crippen LogP contribution in [0.3, 0.4) is 0 Å². The molecule has 0 aliphatic heterocycles. The smallest absolute Gasteiger partial charge is 0.341 e. The molecule has 0 spiro atoms. The fourth-order valence-corrected chi connectivity index (χ4v) is 5.45. The molecule has 2 aromatic heterocycles. The van der Waals surface area contributed by atoms with Crippen LogP contribution in [-0.4, -0.2) is 15.6 Å². The van der Waals surface area contributed by atoms with E-state index in [1.54, 1.807) is 0 Å². The molecule has 1 atom stereocenters. The maximum absolute atomic E-state index is 15.7. The van der Waals surface area contributed by atoms with Gasteiger partial charge < -0.3 is 15.4 Å². The summed E-state index contributed by atoms with van der Waals surface area (Å²) in [7, 11) is 0. The Labute approximate surface area is 180 Å². The molecular weight excluding hydrogens is 434 g/mol. The number of aromatic nitrogens is 1. The van der Waals surface area contributed by atoms with Gasteiger partial charge in [-0.3, -0.25) is 4.79 Å². The average molecular weight is 453 g/mol. The fourth-order valence-electron chi connectivity index (χ4n) is 4.16. The summed E-state index contributed by atoms with van der Waals surface area (Å²) >= 11 is 1.40. The summed E-state index contributed by atoms with van der Waals surface area (Å²) in [6.45, 7) is 0. The van der Waals surface area contributed by atoms with Crippen LogP contribution in [0.4, 0.5) is 8.78 Å². The molecule has 158 valence electrons. The maximum Gasteiger partial charge on any atom is 0.341 e. The second-order valence-electron chi connectivity index (χ2n) is 7.75. The summed E-state index contributed by atoms with van der Waals surface area (Å²) < 4.78 is 32.1. The van der Waals surface area contributed by atoms with Crippen molar-refractivity contribution in [3.63, 3.8) is 0 Å². The highest BCUT2D eigenvalue weighted by atomic mass is 35.5. The van der Waals surface area contributed by atoms with Crippen molar-refractivity contribution in [1.29, 1.82) is 0 Å². The van der Waals surface area contributed by atoms with Gasteiger partial charge in [-0.2, -0.15) is 0 Å². The number of carboxylic acid groups (broad SMARTS) is 1. The number of carboxylic acids is 1. The van der Waals surface area contributed by atoms with E-state index in [0.29, 0.717) is 4.88 Å². The molecule has 0 amide bonds. The van der Waals surface area contributed by atoms with Gasteiger partial charge in [-0.1, -0.05) is 0 Å². The lowest BCUT2D eigenvalue weighted by atomic mass is 9.94. The summed E-state index contributed by atoms with van der Waals surface area (Å²) in [6.07, 6.45) is 5.28. The van der Waals surface area contributed by atoms with Crippen LogP contribution in [0.5, 0.6) is 0 Å². The zero-order valence-electron chi connectivity index (χ0n) is 15.8. The van der Waals surface area contributed by atoms with Gasteiger partial charge >= 0.3 is 5.97 Å². The van der Waals surface area contributed by atoms with Crippen LogP contribution in [0.2, 0.25) is 0 Å². The number of aromatic carboxylic acids is 1. The fraction of sp³-hybridized carbons (Fsp3) is 0.333. The number of carbonyl (C=O) groups is 1. The van der Waals surface area contributed by atoms with Crippen LogP contribution in [0.15, 0.2) is 23.1 Å². The Kier molecular flexibility index (Phi) is 5.20. The summed E-state index contributed by atoms with van der Waals surface area (Å²) in [5, 5.41) is 8.82. The van der Waals surface area contributed by atoms with E-state index < -0.39 is 34.0 Å². The summed E-state index contributed by atoms with van der Waals surface area (Å²) in [6, 6.07) is 2.58. The number of hydrogen-bond acceptors (Lipinski definition) is 4. The molecule has 9 heteroatoms. The number of halogens is 3. The van der Waals surface area contributed by atoms with Crippen molar-refractivity contribution in [2.75, 3.05) is 0 Å². The Morgan fingerprint density at radius 2 is 1.97 bits per heavy atom. The molecule has 2 heterocycles. The number of pyridine rings is 1. The summed E-state index contributed by atoms with van der Waals surface area (Å²) in [4.78, 5) is 25.7. The van der Waals surface area contributed by atoms with E-state index in [1.165, 1.54) is 15.9 Å². The van der Waals surface area contributed by atoms with Gasteiger partial charge in [-0.15, -0.1) is 23.7 Å². The molecule has 1 fully saturated rings. The Hall–Kier alpha value is -2.29. The summed E-state index contributed by atoms with van der Waals surface area (Å²) in [5.74, 6) is -3.06. The van der Waals surface area contributed by atoms with E-state index in [0.717, 1.165) is 54.8 Å². The first-order valence-corrected chi connectivity index (χ1v) is 10.4. The lowest BCUT2D eigenvalue weighted by molar-refractivity contribution is 0.0695. The molecule has 0 radical (unpaired) electrons. The highest BCUT2D eigenvalue weighted by molar-refractivity contribution is 7.15. The van der Waals surface area contributed by atoms with Gasteiger partial charge in [-0.25, -0.2) is 13.6 Å². The Morgan fingerprint density at radius 3 is 2.60 bits per heavy atom. The Bertz CT molecular complexity index is 1250. The van der Waals surface area contributed by atoms with E-state index in [1.807, 2.05) is 6.07 Å². The normalized spacial score (nSPS) is 18.2. The van der Waals surface area contributed by atoms with Crippen molar-refractivity contribution in [3.05, 3.63) is 56.2 Å². The molecule has 0 saturated heterocycles. The van der Waals surface area contributed by atoms with Crippen molar-refractivity contribution in [3.8, 4) is 10.4 Å². The molecule has 2 aliphatic rings. The van der Waals surface area contributed by atoms with Crippen LogP contribution in [0.25, 0.3) is 21.3 Å². The lowest BCUT2D eigenvalue weighted by Crippen LogP contribution is -2.20. The van der Waals surface area contributed by atoms with Crippen molar-refractivity contribution >= 4 is 40.6 Å². The van der Waals surface area contributed by atoms with Gasteiger partial charge in [0.05, 0.1) is 10.9 Å². The number of thiophene rings is 1. The third-order valence-electron chi connectivity index (χ3n) is 5.79. The van der Waals surface area contributed by atoms with Gasteiger partial charge in [0.1, 0.15) is 11.4 Å². The molecule has 2 aliphatic carbocycles. The predicted molar refractivity (Wildman–Crippen MR) is 114 cm³/mol. The van der Waals surface area contributed by atoms with Gasteiger partial charge in [0.15, 0.2) is 5.82 Å². The number of rotatable bonds is 3. The van der Waals surface area contributed by atoms with Gasteiger partial charge in [0, 0.05) is 33.6 Å². The largest absolute Gasteiger partial charge is 0.477 e. The van der Waals surface area contributed by atoms with E-state index in [2.05, 4.69) is 0 Å². The molecule has 3 aromatic rings. The van der Waals surface area contributed by atoms with Crippen LogP contribution in [0.1, 0.15) is 58.6 Å².